The van der Waals surface area contributed by atoms with Gasteiger partial charge in [0.1, 0.15) is 6.29 Å². The molecule has 0 radical (unpaired) electrons. The van der Waals surface area contributed by atoms with Gasteiger partial charge in [-0.25, -0.2) is 0 Å². The largest absolute Gasteiger partial charge is 0.326 e. The quantitative estimate of drug-likeness (QED) is 0.554. The maximum Gasteiger partial charge on any atom is 0.294 e. The van der Waals surface area contributed by atoms with Crippen LogP contribution >= 0.6 is 0 Å². The normalized spacial score (nSPS) is 11.3. The number of hydrogen-bond donors (Lipinski definition) is 2. The van der Waals surface area contributed by atoms with Crippen molar-refractivity contribution in [1.82, 2.24) is 0 Å². The van der Waals surface area contributed by atoms with Gasteiger partial charge < -0.3 is 5.73 Å². The fourth-order valence-electron chi connectivity index (χ4n) is 1.05. The number of nitrogens with two attached hydrogens (primary N) is 1. The first kappa shape index (κ1) is 10.8. The number of aldehydes is 1. The van der Waals surface area contributed by atoms with Crippen LogP contribution in [0.3, 0.4) is 0 Å². The van der Waals surface area contributed by atoms with Crippen molar-refractivity contribution in [3.05, 3.63) is 29.3 Å². The van der Waals surface area contributed by atoms with Crippen LogP contribution in [-0.2, 0) is 16.7 Å². The van der Waals surface area contributed by atoms with Gasteiger partial charge in [0.2, 0.25) is 0 Å². The van der Waals surface area contributed by atoms with Crippen LogP contribution in [0, 0.1) is 0 Å². The molecular formula is C8H9NO4S. The molecule has 0 aliphatic rings. The van der Waals surface area contributed by atoms with Crippen LogP contribution in [0.15, 0.2) is 23.1 Å². The number of hydrogen-bond acceptors (Lipinski definition) is 4. The molecule has 0 unspecified atom stereocenters. The third-order valence-electron chi connectivity index (χ3n) is 1.73. The molecule has 0 atom stereocenters. The lowest BCUT2D eigenvalue weighted by Crippen LogP contribution is -2.07. The van der Waals surface area contributed by atoms with E-state index >= 15 is 0 Å². The molecule has 0 saturated carbocycles. The van der Waals surface area contributed by atoms with Crippen LogP contribution < -0.4 is 5.73 Å². The Morgan fingerprint density at radius 1 is 1.43 bits per heavy atom. The summed E-state index contributed by atoms with van der Waals surface area (Å²) in [5.41, 5.74) is 5.73. The molecule has 0 fully saturated rings. The second-order valence-electron chi connectivity index (χ2n) is 2.66. The van der Waals surface area contributed by atoms with Crippen LogP contribution in [0.4, 0.5) is 0 Å². The first-order valence-corrected chi connectivity index (χ1v) is 5.18. The molecule has 0 saturated heterocycles. The Morgan fingerprint density at radius 2 is 2.07 bits per heavy atom. The second kappa shape index (κ2) is 3.87. The molecule has 5 nitrogen and oxygen atoms in total. The monoisotopic (exact) mass is 215 g/mol. The highest BCUT2D eigenvalue weighted by Gasteiger charge is 2.14. The maximum absolute atomic E-state index is 10.9. The highest BCUT2D eigenvalue weighted by molar-refractivity contribution is 7.85. The van der Waals surface area contributed by atoms with Crippen molar-refractivity contribution in [2.75, 3.05) is 0 Å². The molecule has 0 bridgehead atoms. The van der Waals surface area contributed by atoms with E-state index in [1.54, 1.807) is 0 Å². The highest BCUT2D eigenvalue weighted by Crippen LogP contribution is 2.16. The zero-order valence-electron chi connectivity index (χ0n) is 7.17. The van der Waals surface area contributed by atoms with Crippen molar-refractivity contribution in [3.63, 3.8) is 0 Å². The fourth-order valence-corrected chi connectivity index (χ4v) is 1.82. The molecule has 1 aromatic carbocycles. The molecule has 0 aromatic heterocycles. The minimum absolute atomic E-state index is 0.0196. The Bertz CT molecular complexity index is 452. The molecule has 14 heavy (non-hydrogen) atoms. The van der Waals surface area contributed by atoms with Gasteiger partial charge in [-0.15, -0.1) is 0 Å². The predicted molar refractivity (Wildman–Crippen MR) is 49.5 cm³/mol. The van der Waals surface area contributed by atoms with Gasteiger partial charge in [-0.3, -0.25) is 9.35 Å². The van der Waals surface area contributed by atoms with E-state index in [1.165, 1.54) is 12.1 Å². The molecule has 76 valence electrons. The van der Waals surface area contributed by atoms with Crippen molar-refractivity contribution in [1.29, 1.82) is 0 Å². The average molecular weight is 215 g/mol. The molecular weight excluding hydrogens is 206 g/mol. The SMILES string of the molecule is NCc1ccc(C=O)cc1S(=O)(=O)O. The van der Waals surface area contributed by atoms with E-state index in [9.17, 15) is 13.2 Å². The summed E-state index contributed by atoms with van der Waals surface area (Å²) in [5, 5.41) is 0. The highest BCUT2D eigenvalue weighted by atomic mass is 32.2. The molecule has 0 spiro atoms. The van der Waals surface area contributed by atoms with E-state index in [-0.39, 0.29) is 22.6 Å². The summed E-state index contributed by atoms with van der Waals surface area (Å²) in [6.07, 6.45) is 0.495. The van der Waals surface area contributed by atoms with E-state index in [0.717, 1.165) is 6.07 Å². The number of rotatable bonds is 3. The number of carbonyl (C=O) groups excluding carboxylic acids is 1. The summed E-state index contributed by atoms with van der Waals surface area (Å²) in [5.74, 6) is 0. The Balaban J connectivity index is 3.44. The lowest BCUT2D eigenvalue weighted by molar-refractivity contribution is 0.112. The molecule has 0 aliphatic carbocycles. The maximum atomic E-state index is 10.9. The molecule has 3 N–H and O–H groups in total. The summed E-state index contributed by atoms with van der Waals surface area (Å²) in [6, 6.07) is 3.92. The van der Waals surface area contributed by atoms with Crippen molar-refractivity contribution in [2.45, 2.75) is 11.4 Å². The summed E-state index contributed by atoms with van der Waals surface area (Å²) < 4.78 is 30.6. The number of benzene rings is 1. The first-order chi connectivity index (χ1) is 6.49. The summed E-state index contributed by atoms with van der Waals surface area (Å²) >= 11 is 0. The lowest BCUT2D eigenvalue weighted by atomic mass is 10.1. The summed E-state index contributed by atoms with van der Waals surface area (Å²) in [7, 11) is -4.32. The van der Waals surface area contributed by atoms with Gasteiger partial charge in [0.25, 0.3) is 10.1 Å². The molecule has 1 aromatic rings. The Morgan fingerprint density at radius 3 is 2.50 bits per heavy atom. The van der Waals surface area contributed by atoms with Gasteiger partial charge in [0.05, 0.1) is 4.90 Å². The lowest BCUT2D eigenvalue weighted by Gasteiger charge is -2.04. The Hall–Kier alpha value is -1.24. The molecule has 0 amide bonds. The summed E-state index contributed by atoms with van der Waals surface area (Å²) in [4.78, 5) is 10.1. The average Bonchev–Trinajstić information content (AvgIpc) is 2.15. The van der Waals surface area contributed by atoms with Crippen LogP contribution in [0.25, 0.3) is 0 Å². The van der Waals surface area contributed by atoms with Crippen LogP contribution in [0.5, 0.6) is 0 Å². The van der Waals surface area contributed by atoms with E-state index in [2.05, 4.69) is 0 Å². The van der Waals surface area contributed by atoms with Crippen molar-refractivity contribution < 1.29 is 17.8 Å². The third-order valence-corrected chi connectivity index (χ3v) is 2.66. The van der Waals surface area contributed by atoms with Crippen LogP contribution in [0.1, 0.15) is 15.9 Å². The van der Waals surface area contributed by atoms with Gasteiger partial charge in [-0.05, 0) is 11.6 Å². The first-order valence-electron chi connectivity index (χ1n) is 3.74. The second-order valence-corrected chi connectivity index (χ2v) is 4.05. The minimum atomic E-state index is -4.32. The van der Waals surface area contributed by atoms with Crippen molar-refractivity contribution >= 4 is 16.4 Å². The number of carbonyl (C=O) groups is 1. The molecule has 1 rings (SSSR count). The van der Waals surface area contributed by atoms with Gasteiger partial charge >= 0.3 is 0 Å². The molecule has 0 aliphatic heterocycles. The van der Waals surface area contributed by atoms with Crippen LogP contribution in [0.2, 0.25) is 0 Å². The predicted octanol–water partition coefficient (Wildman–Crippen LogP) is 0.205. The van der Waals surface area contributed by atoms with E-state index in [1.807, 2.05) is 0 Å². The third kappa shape index (κ3) is 2.16. The standard InChI is InChI=1S/C8H9NO4S/c9-4-7-2-1-6(5-10)3-8(7)14(11,12)13/h1-3,5H,4,9H2,(H,11,12,13). The van der Waals surface area contributed by atoms with Gasteiger partial charge in [-0.2, -0.15) is 8.42 Å². The Kier molecular flexibility index (Phi) is 3.00. The van der Waals surface area contributed by atoms with Crippen LogP contribution in [-0.4, -0.2) is 19.3 Å². The fraction of sp³-hybridized carbons (Fsp3) is 0.125. The van der Waals surface area contributed by atoms with Gasteiger partial charge in [0, 0.05) is 12.1 Å². The molecule has 6 heteroatoms. The van der Waals surface area contributed by atoms with Gasteiger partial charge in [0.15, 0.2) is 0 Å². The summed E-state index contributed by atoms with van der Waals surface area (Å²) in [6.45, 7) is -0.0196. The zero-order chi connectivity index (χ0) is 10.8. The van der Waals surface area contributed by atoms with E-state index in [4.69, 9.17) is 10.3 Å². The van der Waals surface area contributed by atoms with E-state index < -0.39 is 10.1 Å². The smallest absolute Gasteiger partial charge is 0.294 e. The van der Waals surface area contributed by atoms with Crippen molar-refractivity contribution in [2.24, 2.45) is 5.73 Å². The topological polar surface area (TPSA) is 97.5 Å². The van der Waals surface area contributed by atoms with Crippen molar-refractivity contribution in [3.8, 4) is 0 Å². The Labute approximate surface area is 81.3 Å². The van der Waals surface area contributed by atoms with Gasteiger partial charge in [-0.1, -0.05) is 12.1 Å². The zero-order valence-corrected chi connectivity index (χ0v) is 7.99. The van der Waals surface area contributed by atoms with E-state index in [0.29, 0.717) is 6.29 Å². The molecule has 0 heterocycles. The minimum Gasteiger partial charge on any atom is -0.326 e.